The number of nitrogens with one attached hydrogen (secondary N) is 1. The Morgan fingerprint density at radius 3 is 2.54 bits per heavy atom. The van der Waals surface area contributed by atoms with Crippen molar-refractivity contribution in [2.24, 2.45) is 5.92 Å². The molecule has 144 valence electrons. The SMILES string of the molecule is Cc1ccc(Nc2nc(C(=O)N3CCC(Cc4ccccc4)CC3)cs2)cc1. The van der Waals surface area contributed by atoms with E-state index in [9.17, 15) is 4.79 Å². The number of aryl methyl sites for hydroxylation is 1. The maximum atomic E-state index is 12.8. The third kappa shape index (κ3) is 4.60. The fraction of sp³-hybridized carbons (Fsp3) is 0.304. The Morgan fingerprint density at radius 1 is 1.11 bits per heavy atom. The van der Waals surface area contributed by atoms with Crippen molar-refractivity contribution in [1.29, 1.82) is 0 Å². The number of carbonyl (C=O) groups is 1. The first-order chi connectivity index (χ1) is 13.7. The van der Waals surface area contributed by atoms with Gasteiger partial charge in [0.1, 0.15) is 5.69 Å². The molecule has 3 aromatic rings. The van der Waals surface area contributed by atoms with Crippen LogP contribution in [0.25, 0.3) is 0 Å². The highest BCUT2D eigenvalue weighted by atomic mass is 32.1. The van der Waals surface area contributed by atoms with Crippen molar-refractivity contribution >= 4 is 28.1 Å². The highest BCUT2D eigenvalue weighted by Gasteiger charge is 2.25. The lowest BCUT2D eigenvalue weighted by molar-refractivity contribution is 0.0685. The molecule has 1 N–H and O–H groups in total. The lowest BCUT2D eigenvalue weighted by Crippen LogP contribution is -2.39. The molecule has 1 saturated heterocycles. The highest BCUT2D eigenvalue weighted by molar-refractivity contribution is 7.14. The van der Waals surface area contributed by atoms with Gasteiger partial charge in [-0.1, -0.05) is 48.0 Å². The van der Waals surface area contributed by atoms with Gasteiger partial charge in [0.05, 0.1) is 0 Å². The first-order valence-corrected chi connectivity index (χ1v) is 10.7. The number of hydrogen-bond acceptors (Lipinski definition) is 4. The normalized spacial score (nSPS) is 14.8. The number of thiazole rings is 1. The van der Waals surface area contributed by atoms with Crippen LogP contribution in [0.4, 0.5) is 10.8 Å². The number of amides is 1. The maximum Gasteiger partial charge on any atom is 0.273 e. The molecule has 28 heavy (non-hydrogen) atoms. The van der Waals surface area contributed by atoms with Gasteiger partial charge >= 0.3 is 0 Å². The van der Waals surface area contributed by atoms with Crippen molar-refractivity contribution in [3.63, 3.8) is 0 Å². The van der Waals surface area contributed by atoms with Gasteiger partial charge in [-0.05, 0) is 49.8 Å². The second-order valence-corrected chi connectivity index (χ2v) is 8.31. The van der Waals surface area contributed by atoms with Crippen LogP contribution in [0.3, 0.4) is 0 Å². The number of likely N-dealkylation sites (tertiary alicyclic amines) is 1. The van der Waals surface area contributed by atoms with Crippen LogP contribution in [0.2, 0.25) is 0 Å². The summed E-state index contributed by atoms with van der Waals surface area (Å²) in [6.07, 6.45) is 3.21. The molecule has 0 unspecified atom stereocenters. The first kappa shape index (κ1) is 18.7. The standard InChI is InChI=1S/C23H25N3OS/c1-17-7-9-20(10-8-17)24-23-25-21(16-28-23)22(27)26-13-11-19(12-14-26)15-18-5-3-2-4-6-18/h2-10,16,19H,11-15H2,1H3,(H,24,25). The number of rotatable bonds is 5. The van der Waals surface area contributed by atoms with Crippen molar-refractivity contribution < 1.29 is 4.79 Å². The minimum Gasteiger partial charge on any atom is -0.337 e. The fourth-order valence-electron chi connectivity index (χ4n) is 3.64. The van der Waals surface area contributed by atoms with Crippen molar-refractivity contribution in [3.8, 4) is 0 Å². The summed E-state index contributed by atoms with van der Waals surface area (Å²) in [6, 6.07) is 18.8. The highest BCUT2D eigenvalue weighted by Crippen LogP contribution is 2.25. The molecule has 0 atom stereocenters. The zero-order valence-electron chi connectivity index (χ0n) is 16.1. The van der Waals surface area contributed by atoms with Gasteiger partial charge in [0.15, 0.2) is 5.13 Å². The number of benzene rings is 2. The molecule has 0 bridgehead atoms. The molecule has 0 spiro atoms. The molecule has 2 heterocycles. The third-order valence-electron chi connectivity index (χ3n) is 5.30. The zero-order chi connectivity index (χ0) is 19.3. The summed E-state index contributed by atoms with van der Waals surface area (Å²) >= 11 is 1.47. The lowest BCUT2D eigenvalue weighted by atomic mass is 9.90. The Balaban J connectivity index is 1.31. The topological polar surface area (TPSA) is 45.2 Å². The fourth-order valence-corrected chi connectivity index (χ4v) is 4.34. The van der Waals surface area contributed by atoms with Crippen molar-refractivity contribution in [3.05, 3.63) is 76.8 Å². The van der Waals surface area contributed by atoms with Crippen molar-refractivity contribution in [2.45, 2.75) is 26.2 Å². The van der Waals surface area contributed by atoms with Gasteiger partial charge in [0, 0.05) is 24.2 Å². The molecule has 1 fully saturated rings. The summed E-state index contributed by atoms with van der Waals surface area (Å²) in [5, 5.41) is 5.89. The second-order valence-electron chi connectivity index (χ2n) is 7.45. The number of piperidine rings is 1. The molecule has 1 aliphatic heterocycles. The average molecular weight is 392 g/mol. The zero-order valence-corrected chi connectivity index (χ0v) is 16.9. The lowest BCUT2D eigenvalue weighted by Gasteiger charge is -2.31. The van der Waals surface area contributed by atoms with Crippen LogP contribution in [0, 0.1) is 12.8 Å². The third-order valence-corrected chi connectivity index (χ3v) is 6.05. The smallest absolute Gasteiger partial charge is 0.273 e. The Bertz CT molecular complexity index is 913. The van der Waals surface area contributed by atoms with Gasteiger partial charge in [-0.3, -0.25) is 4.79 Å². The molecule has 2 aromatic carbocycles. The molecule has 0 radical (unpaired) electrons. The summed E-state index contributed by atoms with van der Waals surface area (Å²) in [7, 11) is 0. The molecule has 0 saturated carbocycles. The molecule has 4 rings (SSSR count). The molecular formula is C23H25N3OS. The van der Waals surface area contributed by atoms with E-state index in [1.54, 1.807) is 0 Å². The quantitative estimate of drug-likeness (QED) is 0.643. The van der Waals surface area contributed by atoms with Crippen molar-refractivity contribution in [2.75, 3.05) is 18.4 Å². The summed E-state index contributed by atoms with van der Waals surface area (Å²) in [5.74, 6) is 0.701. The minimum atomic E-state index is 0.0476. The Labute approximate surface area is 170 Å². The second kappa shape index (κ2) is 8.57. The number of anilines is 2. The van der Waals surface area contributed by atoms with Gasteiger partial charge in [-0.25, -0.2) is 4.98 Å². The summed E-state index contributed by atoms with van der Waals surface area (Å²) in [5.41, 5.74) is 4.14. The van der Waals surface area contributed by atoms with Gasteiger partial charge in [-0.15, -0.1) is 11.3 Å². The van der Waals surface area contributed by atoms with Crippen LogP contribution >= 0.6 is 11.3 Å². The summed E-state index contributed by atoms with van der Waals surface area (Å²) < 4.78 is 0. The first-order valence-electron chi connectivity index (χ1n) is 9.80. The van der Waals surface area contributed by atoms with Gasteiger partial charge in [0.2, 0.25) is 0 Å². The molecule has 5 heteroatoms. The van der Waals surface area contributed by atoms with Crippen LogP contribution in [0.1, 0.15) is 34.5 Å². The van der Waals surface area contributed by atoms with Crippen LogP contribution < -0.4 is 5.32 Å². The van der Waals surface area contributed by atoms with E-state index >= 15 is 0 Å². The predicted molar refractivity (Wildman–Crippen MR) is 115 cm³/mol. The van der Waals surface area contributed by atoms with Crippen LogP contribution in [0.5, 0.6) is 0 Å². The van der Waals surface area contributed by atoms with E-state index in [4.69, 9.17) is 0 Å². The molecule has 1 aliphatic rings. The molecule has 1 amide bonds. The molecule has 1 aromatic heterocycles. The van der Waals surface area contributed by atoms with E-state index in [2.05, 4.69) is 59.7 Å². The maximum absolute atomic E-state index is 12.8. The molecular weight excluding hydrogens is 366 g/mol. The van der Waals surface area contributed by atoms with Crippen LogP contribution in [-0.4, -0.2) is 28.9 Å². The number of hydrogen-bond donors (Lipinski definition) is 1. The monoisotopic (exact) mass is 391 g/mol. The van der Waals surface area contributed by atoms with E-state index in [0.717, 1.165) is 43.2 Å². The van der Waals surface area contributed by atoms with E-state index in [1.807, 2.05) is 22.4 Å². The van der Waals surface area contributed by atoms with Gasteiger partial charge in [0.25, 0.3) is 5.91 Å². The van der Waals surface area contributed by atoms with Crippen LogP contribution in [0.15, 0.2) is 60.0 Å². The minimum absolute atomic E-state index is 0.0476. The van der Waals surface area contributed by atoms with Gasteiger partial charge in [-0.2, -0.15) is 0 Å². The Kier molecular flexibility index (Phi) is 5.72. The van der Waals surface area contributed by atoms with E-state index in [-0.39, 0.29) is 5.91 Å². The van der Waals surface area contributed by atoms with E-state index in [0.29, 0.717) is 11.6 Å². The summed E-state index contributed by atoms with van der Waals surface area (Å²) in [4.78, 5) is 19.3. The van der Waals surface area contributed by atoms with E-state index in [1.165, 1.54) is 22.5 Å². The molecule has 4 nitrogen and oxygen atoms in total. The predicted octanol–water partition coefficient (Wildman–Crippen LogP) is 5.29. The largest absolute Gasteiger partial charge is 0.337 e. The Morgan fingerprint density at radius 2 is 1.82 bits per heavy atom. The number of aromatic nitrogens is 1. The number of carbonyl (C=O) groups excluding carboxylic acids is 1. The van der Waals surface area contributed by atoms with Crippen LogP contribution in [-0.2, 0) is 6.42 Å². The number of nitrogens with zero attached hydrogens (tertiary/aromatic N) is 2. The van der Waals surface area contributed by atoms with Gasteiger partial charge < -0.3 is 10.2 Å². The summed E-state index contributed by atoms with van der Waals surface area (Å²) in [6.45, 7) is 3.69. The Hall–Kier alpha value is -2.66. The molecule has 0 aliphatic carbocycles. The van der Waals surface area contributed by atoms with Crippen molar-refractivity contribution in [1.82, 2.24) is 9.88 Å². The van der Waals surface area contributed by atoms with E-state index < -0.39 is 0 Å². The average Bonchev–Trinajstić information content (AvgIpc) is 3.19.